The smallest absolute Gasteiger partial charge is 0.222 e. The minimum Gasteiger partial charge on any atom is -0.342 e. The summed E-state index contributed by atoms with van der Waals surface area (Å²) in [5, 5.41) is 7.47. The van der Waals surface area contributed by atoms with E-state index in [0.717, 1.165) is 30.9 Å². The lowest BCUT2D eigenvalue weighted by atomic mass is 9.89. The first kappa shape index (κ1) is 18.3. The van der Waals surface area contributed by atoms with Crippen molar-refractivity contribution in [1.82, 2.24) is 20.1 Å². The fraction of sp³-hybridized carbons (Fsp3) is 0.842. The molecule has 1 aromatic rings. The van der Waals surface area contributed by atoms with E-state index in [1.54, 1.807) is 0 Å². The highest BCUT2D eigenvalue weighted by molar-refractivity contribution is 5.76. The quantitative estimate of drug-likeness (QED) is 0.849. The summed E-state index contributed by atoms with van der Waals surface area (Å²) in [5.74, 6) is 2.51. The molecule has 0 unspecified atom stereocenters. The second-order valence-electron chi connectivity index (χ2n) is 8.17. The van der Waals surface area contributed by atoms with Gasteiger partial charge >= 0.3 is 0 Å². The van der Waals surface area contributed by atoms with Crippen LogP contribution < -0.4 is 0 Å². The molecule has 2 fully saturated rings. The van der Waals surface area contributed by atoms with Gasteiger partial charge in [0.2, 0.25) is 5.91 Å². The summed E-state index contributed by atoms with van der Waals surface area (Å²) in [7, 11) is 0. The molecular weight excluding hydrogens is 319 g/mol. The van der Waals surface area contributed by atoms with Gasteiger partial charge in [-0.15, -0.1) is 0 Å². The van der Waals surface area contributed by atoms with Crippen molar-refractivity contribution in [3.63, 3.8) is 0 Å². The molecule has 140 valence electrons. The topological polar surface area (TPSA) is 61.9 Å². The van der Waals surface area contributed by atoms with Crippen molar-refractivity contribution in [2.75, 3.05) is 19.8 Å². The Morgan fingerprint density at radius 2 is 2.04 bits per heavy atom. The second-order valence-corrected chi connectivity index (χ2v) is 8.17. The molecule has 5 nitrogen and oxygen atoms in total. The van der Waals surface area contributed by atoms with Crippen LogP contribution in [0.1, 0.15) is 82.3 Å². The van der Waals surface area contributed by atoms with Crippen LogP contribution in [-0.2, 0) is 4.79 Å². The normalized spacial score (nSPS) is 25.0. The van der Waals surface area contributed by atoms with Gasteiger partial charge in [-0.25, -0.2) is 4.98 Å². The molecule has 25 heavy (non-hydrogen) atoms. The van der Waals surface area contributed by atoms with Gasteiger partial charge in [0, 0.05) is 37.3 Å². The third kappa shape index (κ3) is 4.39. The summed E-state index contributed by atoms with van der Waals surface area (Å²) >= 11 is 0. The summed E-state index contributed by atoms with van der Waals surface area (Å²) in [6.07, 6.45) is 7.50. The van der Waals surface area contributed by atoms with Crippen LogP contribution in [0.4, 0.5) is 4.39 Å². The zero-order valence-corrected chi connectivity index (χ0v) is 15.5. The summed E-state index contributed by atoms with van der Waals surface area (Å²) in [6.45, 7) is 4.87. The zero-order valence-electron chi connectivity index (χ0n) is 15.5. The highest BCUT2D eigenvalue weighted by Gasteiger charge is 2.38. The first-order valence-electron chi connectivity index (χ1n) is 9.84. The Morgan fingerprint density at radius 1 is 1.28 bits per heavy atom. The predicted octanol–water partition coefficient (Wildman–Crippen LogP) is 3.80. The molecule has 0 aromatic carbocycles. The number of rotatable bonds is 6. The number of aromatic amines is 1. The number of carbonyl (C=O) groups excluding carboxylic acids is 1. The number of nitrogens with one attached hydrogen (secondary N) is 1. The lowest BCUT2D eigenvalue weighted by Gasteiger charge is -2.18. The molecule has 2 atom stereocenters. The van der Waals surface area contributed by atoms with Crippen molar-refractivity contribution in [3.05, 3.63) is 11.6 Å². The molecule has 3 rings (SSSR count). The molecule has 2 aliphatic rings. The molecule has 6 heteroatoms. The van der Waals surface area contributed by atoms with E-state index in [-0.39, 0.29) is 17.7 Å². The van der Waals surface area contributed by atoms with Crippen LogP contribution >= 0.6 is 0 Å². The van der Waals surface area contributed by atoms with E-state index in [1.165, 1.54) is 19.3 Å². The standard InChI is InChI=1S/C19H31FN4O/c1-13(2)8-9-17(25)24-11-15(10-20)16(12-24)19-21-18(22-23-19)14-6-4-3-5-7-14/h13-16H,3-12H2,1-2H3,(H,21,22,23)/t15-,16-/m1/s1. The van der Waals surface area contributed by atoms with Crippen molar-refractivity contribution in [2.45, 2.75) is 70.6 Å². The van der Waals surface area contributed by atoms with Crippen molar-refractivity contribution < 1.29 is 9.18 Å². The Bertz CT molecular complexity index is 568. The van der Waals surface area contributed by atoms with Gasteiger partial charge in [-0.3, -0.25) is 14.3 Å². The molecule has 0 spiro atoms. The summed E-state index contributed by atoms with van der Waals surface area (Å²) in [6, 6.07) is 0. The van der Waals surface area contributed by atoms with E-state index >= 15 is 0 Å². The van der Waals surface area contributed by atoms with Gasteiger partial charge in [-0.1, -0.05) is 33.1 Å². The number of nitrogens with zero attached hydrogens (tertiary/aromatic N) is 3. The van der Waals surface area contributed by atoms with Gasteiger partial charge in [-0.05, 0) is 25.2 Å². The van der Waals surface area contributed by atoms with Crippen LogP contribution in [0, 0.1) is 11.8 Å². The molecule has 1 amide bonds. The lowest BCUT2D eigenvalue weighted by Crippen LogP contribution is -2.29. The lowest BCUT2D eigenvalue weighted by molar-refractivity contribution is -0.130. The Balaban J connectivity index is 1.64. The van der Waals surface area contributed by atoms with E-state index in [4.69, 9.17) is 4.98 Å². The first-order chi connectivity index (χ1) is 12.1. The minimum absolute atomic E-state index is 0.0576. The molecule has 2 heterocycles. The van der Waals surface area contributed by atoms with Crippen LogP contribution in [0.25, 0.3) is 0 Å². The SMILES string of the molecule is CC(C)CCC(=O)N1C[C@@H](CF)[C@H](c2nc(C3CCCCC3)n[nH]2)C1. The predicted molar refractivity (Wildman–Crippen MR) is 95.1 cm³/mol. The Kier molecular flexibility index (Phi) is 6.07. The number of carbonyl (C=O) groups is 1. The summed E-state index contributed by atoms with van der Waals surface area (Å²) < 4.78 is 13.5. The van der Waals surface area contributed by atoms with Crippen LogP contribution in [0.2, 0.25) is 0 Å². The number of likely N-dealkylation sites (tertiary alicyclic amines) is 1. The third-order valence-corrected chi connectivity index (χ3v) is 5.77. The van der Waals surface area contributed by atoms with Gasteiger partial charge in [0.25, 0.3) is 0 Å². The molecule has 1 saturated heterocycles. The van der Waals surface area contributed by atoms with Crippen molar-refractivity contribution in [2.24, 2.45) is 11.8 Å². The third-order valence-electron chi connectivity index (χ3n) is 5.77. The Hall–Kier alpha value is -1.46. The molecule has 1 aliphatic carbocycles. The van der Waals surface area contributed by atoms with Crippen LogP contribution in [0.3, 0.4) is 0 Å². The van der Waals surface area contributed by atoms with Crippen LogP contribution in [-0.4, -0.2) is 45.8 Å². The van der Waals surface area contributed by atoms with E-state index in [1.807, 2.05) is 4.90 Å². The maximum absolute atomic E-state index is 13.5. The summed E-state index contributed by atoms with van der Waals surface area (Å²) in [5.41, 5.74) is 0. The molecule has 1 aromatic heterocycles. The highest BCUT2D eigenvalue weighted by atomic mass is 19.1. The van der Waals surface area contributed by atoms with Crippen LogP contribution in [0.15, 0.2) is 0 Å². The minimum atomic E-state index is -0.419. The summed E-state index contributed by atoms with van der Waals surface area (Å²) in [4.78, 5) is 18.9. The average molecular weight is 350 g/mol. The van der Waals surface area contributed by atoms with Crippen molar-refractivity contribution in [3.8, 4) is 0 Å². The Labute approximate surface area is 149 Å². The maximum Gasteiger partial charge on any atom is 0.222 e. The molecule has 0 bridgehead atoms. The molecule has 1 N–H and O–H groups in total. The molecule has 1 aliphatic heterocycles. The number of halogens is 1. The number of alkyl halides is 1. The van der Waals surface area contributed by atoms with Gasteiger partial charge in [-0.2, -0.15) is 5.10 Å². The average Bonchev–Trinajstić information content (AvgIpc) is 3.27. The highest BCUT2D eigenvalue weighted by Crippen LogP contribution is 2.34. The van der Waals surface area contributed by atoms with Crippen LogP contribution in [0.5, 0.6) is 0 Å². The van der Waals surface area contributed by atoms with E-state index < -0.39 is 6.67 Å². The van der Waals surface area contributed by atoms with Crippen molar-refractivity contribution in [1.29, 1.82) is 0 Å². The first-order valence-corrected chi connectivity index (χ1v) is 9.84. The van der Waals surface area contributed by atoms with E-state index in [2.05, 4.69) is 24.0 Å². The van der Waals surface area contributed by atoms with E-state index in [0.29, 0.717) is 31.3 Å². The maximum atomic E-state index is 13.5. The second kappa shape index (κ2) is 8.28. The number of aromatic nitrogens is 3. The number of hydrogen-bond acceptors (Lipinski definition) is 3. The largest absolute Gasteiger partial charge is 0.342 e. The number of hydrogen-bond donors (Lipinski definition) is 1. The van der Waals surface area contributed by atoms with Gasteiger partial charge in [0.05, 0.1) is 6.67 Å². The fourth-order valence-corrected chi connectivity index (χ4v) is 4.11. The molecular formula is C19H31FN4O. The van der Waals surface area contributed by atoms with Crippen molar-refractivity contribution >= 4 is 5.91 Å². The fourth-order valence-electron chi connectivity index (χ4n) is 4.11. The Morgan fingerprint density at radius 3 is 2.72 bits per heavy atom. The van der Waals surface area contributed by atoms with Gasteiger partial charge in [0.1, 0.15) is 5.82 Å². The number of amides is 1. The van der Waals surface area contributed by atoms with Gasteiger partial charge < -0.3 is 4.90 Å². The molecule has 1 saturated carbocycles. The van der Waals surface area contributed by atoms with Gasteiger partial charge in [0.15, 0.2) is 5.82 Å². The molecule has 0 radical (unpaired) electrons. The van der Waals surface area contributed by atoms with E-state index in [9.17, 15) is 9.18 Å². The zero-order chi connectivity index (χ0) is 17.8. The monoisotopic (exact) mass is 350 g/mol. The number of H-pyrrole nitrogens is 1.